The van der Waals surface area contributed by atoms with Gasteiger partial charge in [-0.05, 0) is 12.8 Å². The molecule has 3 heterocycles. The third-order valence-corrected chi connectivity index (χ3v) is 3.57. The minimum Gasteiger partial charge on any atom is -0.271 e. The van der Waals surface area contributed by atoms with Crippen molar-refractivity contribution in [3.05, 3.63) is 33.7 Å². The first-order valence-corrected chi connectivity index (χ1v) is 6.55. The Hall–Kier alpha value is -1.73. The van der Waals surface area contributed by atoms with E-state index in [1.807, 2.05) is 0 Å². The lowest BCUT2D eigenvalue weighted by molar-refractivity contribution is -0.144. The summed E-state index contributed by atoms with van der Waals surface area (Å²) in [5, 5.41) is 3.01. The normalized spacial score (nSPS) is 16.1. The van der Waals surface area contributed by atoms with E-state index in [1.54, 1.807) is 11.6 Å². The summed E-state index contributed by atoms with van der Waals surface area (Å²) in [5.74, 6) is -0.409. The van der Waals surface area contributed by atoms with Crippen LogP contribution in [-0.2, 0) is 4.84 Å². The molecule has 0 atom stereocenters. The number of carbonyl (C=O) groups is 1. The molecule has 7 heteroatoms. The molecule has 2 aromatic rings. The van der Waals surface area contributed by atoms with E-state index in [1.165, 1.54) is 27.0 Å². The molecule has 0 N–H and O–H groups in total. The van der Waals surface area contributed by atoms with Gasteiger partial charge >= 0.3 is 0 Å². The van der Waals surface area contributed by atoms with Crippen LogP contribution in [0.15, 0.2) is 22.6 Å². The highest BCUT2D eigenvalue weighted by molar-refractivity contribution is 7.15. The second-order valence-electron chi connectivity index (χ2n) is 3.98. The molecule has 18 heavy (non-hydrogen) atoms. The number of amides is 1. The largest absolute Gasteiger partial charge is 0.284 e. The zero-order valence-corrected chi connectivity index (χ0v) is 10.4. The van der Waals surface area contributed by atoms with Gasteiger partial charge in [0.05, 0.1) is 6.61 Å². The van der Waals surface area contributed by atoms with E-state index in [0.717, 1.165) is 12.8 Å². The van der Waals surface area contributed by atoms with Crippen LogP contribution in [0, 0.1) is 0 Å². The molecular weight excluding hydrogens is 254 g/mol. The maximum atomic E-state index is 12.1. The molecule has 0 bridgehead atoms. The lowest BCUT2D eigenvalue weighted by Crippen LogP contribution is -2.39. The molecule has 2 aromatic heterocycles. The van der Waals surface area contributed by atoms with E-state index in [2.05, 4.69) is 4.98 Å². The molecule has 1 saturated heterocycles. The van der Waals surface area contributed by atoms with Crippen molar-refractivity contribution in [1.82, 2.24) is 14.4 Å². The van der Waals surface area contributed by atoms with Crippen LogP contribution >= 0.6 is 11.3 Å². The fraction of sp³-hybridized carbons (Fsp3) is 0.364. The van der Waals surface area contributed by atoms with Crippen LogP contribution in [0.5, 0.6) is 0 Å². The number of hydrogen-bond acceptors (Lipinski definition) is 5. The average molecular weight is 265 g/mol. The third kappa shape index (κ3) is 1.81. The van der Waals surface area contributed by atoms with Gasteiger partial charge in [-0.25, -0.2) is 10.0 Å². The summed E-state index contributed by atoms with van der Waals surface area (Å²) in [6, 6.07) is 0. The molecule has 1 aliphatic heterocycles. The monoisotopic (exact) mass is 265 g/mol. The minimum absolute atomic E-state index is 0.0489. The number of fused-ring (bicyclic) bond motifs is 1. The quantitative estimate of drug-likeness (QED) is 0.769. The Morgan fingerprint density at radius 2 is 2.33 bits per heavy atom. The topological polar surface area (TPSA) is 63.9 Å². The molecule has 1 aliphatic rings. The summed E-state index contributed by atoms with van der Waals surface area (Å²) in [7, 11) is 0. The lowest BCUT2D eigenvalue weighted by atomic mass is 10.2. The molecule has 0 aliphatic carbocycles. The molecule has 0 saturated carbocycles. The maximum Gasteiger partial charge on any atom is 0.284 e. The second kappa shape index (κ2) is 4.51. The molecule has 0 radical (unpaired) electrons. The van der Waals surface area contributed by atoms with Crippen LogP contribution in [0.2, 0.25) is 0 Å². The highest BCUT2D eigenvalue weighted by Gasteiger charge is 2.23. The summed E-state index contributed by atoms with van der Waals surface area (Å²) < 4.78 is 1.38. The summed E-state index contributed by atoms with van der Waals surface area (Å²) in [6.45, 7) is 1.03. The summed E-state index contributed by atoms with van der Waals surface area (Å²) in [6.07, 6.45) is 4.77. The number of hydroxylamine groups is 2. The van der Waals surface area contributed by atoms with Crippen LogP contribution in [0.4, 0.5) is 0 Å². The Morgan fingerprint density at radius 1 is 1.44 bits per heavy atom. The van der Waals surface area contributed by atoms with E-state index in [4.69, 9.17) is 4.84 Å². The number of rotatable bonds is 1. The molecule has 6 nitrogen and oxygen atoms in total. The Bertz CT molecular complexity index is 642. The molecule has 1 amide bonds. The van der Waals surface area contributed by atoms with Crippen LogP contribution in [-0.4, -0.2) is 33.5 Å². The Kier molecular flexibility index (Phi) is 2.85. The standard InChI is InChI=1S/C11H11N3O3S/c15-9-8(7-12-11-13(9)4-6-18-11)10(16)14-3-1-2-5-17-14/h4,6-7H,1-3,5H2. The highest BCUT2D eigenvalue weighted by Crippen LogP contribution is 2.11. The van der Waals surface area contributed by atoms with Crippen LogP contribution in [0.25, 0.3) is 4.96 Å². The van der Waals surface area contributed by atoms with Gasteiger partial charge in [-0.15, -0.1) is 11.3 Å². The van der Waals surface area contributed by atoms with Crippen LogP contribution in [0.1, 0.15) is 23.2 Å². The van der Waals surface area contributed by atoms with Crippen molar-refractivity contribution in [1.29, 1.82) is 0 Å². The smallest absolute Gasteiger partial charge is 0.271 e. The summed E-state index contributed by atoms with van der Waals surface area (Å²) >= 11 is 1.35. The number of hydrogen-bond donors (Lipinski definition) is 0. The molecule has 3 rings (SSSR count). The molecular formula is C11H11N3O3S. The Balaban J connectivity index is 2.00. The Morgan fingerprint density at radius 3 is 3.11 bits per heavy atom. The number of thiazole rings is 1. The SMILES string of the molecule is O=C(c1cnc2sccn2c1=O)N1CCCCO1. The van der Waals surface area contributed by atoms with E-state index in [0.29, 0.717) is 18.1 Å². The van der Waals surface area contributed by atoms with Crippen molar-refractivity contribution in [3.63, 3.8) is 0 Å². The number of nitrogens with zero attached hydrogens (tertiary/aromatic N) is 3. The Labute approximate surface area is 106 Å². The number of carbonyl (C=O) groups excluding carboxylic acids is 1. The molecule has 0 aromatic carbocycles. The summed E-state index contributed by atoms with van der Waals surface area (Å²) in [4.78, 5) is 34.2. The van der Waals surface area contributed by atoms with Crippen molar-refractivity contribution >= 4 is 22.2 Å². The van der Waals surface area contributed by atoms with E-state index in [9.17, 15) is 9.59 Å². The fourth-order valence-corrected chi connectivity index (χ4v) is 2.54. The zero-order chi connectivity index (χ0) is 12.5. The molecule has 0 unspecified atom stereocenters. The molecule has 1 fully saturated rings. The van der Waals surface area contributed by atoms with Crippen molar-refractivity contribution in [3.8, 4) is 0 Å². The van der Waals surface area contributed by atoms with Crippen LogP contribution < -0.4 is 5.56 Å². The fourth-order valence-electron chi connectivity index (χ4n) is 1.86. The van der Waals surface area contributed by atoms with Crippen LogP contribution in [0.3, 0.4) is 0 Å². The zero-order valence-electron chi connectivity index (χ0n) is 9.54. The second-order valence-corrected chi connectivity index (χ2v) is 4.85. The molecule has 94 valence electrons. The van der Waals surface area contributed by atoms with Gasteiger partial charge in [0.25, 0.3) is 11.5 Å². The van der Waals surface area contributed by atoms with Gasteiger partial charge in [0.1, 0.15) is 5.56 Å². The van der Waals surface area contributed by atoms with Gasteiger partial charge in [-0.3, -0.25) is 18.8 Å². The summed E-state index contributed by atoms with van der Waals surface area (Å²) in [5.41, 5.74) is -0.298. The first kappa shape index (κ1) is 11.4. The number of aromatic nitrogens is 2. The van der Waals surface area contributed by atoms with Crippen molar-refractivity contribution in [2.75, 3.05) is 13.2 Å². The predicted octanol–water partition coefficient (Wildman–Crippen LogP) is 0.924. The van der Waals surface area contributed by atoms with E-state index >= 15 is 0 Å². The molecule has 0 spiro atoms. The highest BCUT2D eigenvalue weighted by atomic mass is 32.1. The predicted molar refractivity (Wildman–Crippen MR) is 65.6 cm³/mol. The first-order chi connectivity index (χ1) is 8.77. The van der Waals surface area contributed by atoms with E-state index in [-0.39, 0.29) is 11.1 Å². The van der Waals surface area contributed by atoms with Gasteiger partial charge < -0.3 is 0 Å². The van der Waals surface area contributed by atoms with Gasteiger partial charge in [-0.1, -0.05) is 0 Å². The maximum absolute atomic E-state index is 12.1. The van der Waals surface area contributed by atoms with Crippen molar-refractivity contribution < 1.29 is 9.63 Å². The first-order valence-electron chi connectivity index (χ1n) is 5.67. The van der Waals surface area contributed by atoms with Gasteiger partial charge in [0.15, 0.2) is 4.96 Å². The van der Waals surface area contributed by atoms with Gasteiger partial charge in [0, 0.05) is 24.3 Å². The minimum atomic E-state index is -0.409. The van der Waals surface area contributed by atoms with Gasteiger partial charge in [0.2, 0.25) is 0 Å². The van der Waals surface area contributed by atoms with Crippen molar-refractivity contribution in [2.45, 2.75) is 12.8 Å². The average Bonchev–Trinajstić information content (AvgIpc) is 2.89. The third-order valence-electron chi connectivity index (χ3n) is 2.80. The van der Waals surface area contributed by atoms with E-state index < -0.39 is 5.91 Å². The van der Waals surface area contributed by atoms with Crippen molar-refractivity contribution in [2.24, 2.45) is 0 Å². The lowest BCUT2D eigenvalue weighted by Gasteiger charge is -2.25. The van der Waals surface area contributed by atoms with Gasteiger partial charge in [-0.2, -0.15) is 0 Å².